The molecular formula is C10H19N3O2. The lowest BCUT2D eigenvalue weighted by molar-refractivity contribution is -0.131. The molecule has 1 N–H and O–H groups in total. The smallest absolute Gasteiger partial charge is 0.324 e. The third-order valence-electron chi connectivity index (χ3n) is 2.43. The van der Waals surface area contributed by atoms with Crippen molar-refractivity contribution in [2.24, 2.45) is 0 Å². The zero-order valence-electron chi connectivity index (χ0n) is 9.83. The maximum absolute atomic E-state index is 11.8. The summed E-state index contributed by atoms with van der Waals surface area (Å²) in [5, 5.41) is 2.65. The molecule has 1 heterocycles. The normalized spacial score (nSPS) is 19.9. The van der Waals surface area contributed by atoms with Crippen LogP contribution >= 0.6 is 0 Å². The van der Waals surface area contributed by atoms with Crippen molar-refractivity contribution in [2.75, 3.05) is 20.3 Å². The second-order valence-corrected chi connectivity index (χ2v) is 4.51. The zero-order chi connectivity index (χ0) is 11.6. The van der Waals surface area contributed by atoms with Crippen molar-refractivity contribution in [3.8, 4) is 0 Å². The lowest BCUT2D eigenvalue weighted by Crippen LogP contribution is -2.42. The average molecular weight is 213 g/mol. The Hall–Kier alpha value is -1.10. The number of imide groups is 1. The van der Waals surface area contributed by atoms with Gasteiger partial charge >= 0.3 is 6.03 Å². The maximum Gasteiger partial charge on any atom is 0.326 e. The molecule has 1 saturated heterocycles. The zero-order valence-corrected chi connectivity index (χ0v) is 9.83. The van der Waals surface area contributed by atoms with E-state index in [-0.39, 0.29) is 11.9 Å². The summed E-state index contributed by atoms with van der Waals surface area (Å²) in [6.45, 7) is 6.73. The quantitative estimate of drug-likeness (QED) is 0.696. The number of amides is 3. The van der Waals surface area contributed by atoms with Gasteiger partial charge in [0.2, 0.25) is 0 Å². The number of nitrogens with zero attached hydrogens (tertiary/aromatic N) is 2. The van der Waals surface area contributed by atoms with Crippen molar-refractivity contribution in [1.82, 2.24) is 15.1 Å². The second-order valence-electron chi connectivity index (χ2n) is 4.51. The molecule has 0 aromatic carbocycles. The number of carbonyl (C=O) groups excluding carboxylic acids is 2. The van der Waals surface area contributed by atoms with Crippen LogP contribution in [0.4, 0.5) is 4.79 Å². The topological polar surface area (TPSA) is 52.6 Å². The van der Waals surface area contributed by atoms with Gasteiger partial charge in [-0.3, -0.25) is 9.69 Å². The number of rotatable bonds is 4. The fraction of sp³-hybridized carbons (Fsp3) is 0.800. The Morgan fingerprint density at radius 1 is 1.40 bits per heavy atom. The first-order valence-electron chi connectivity index (χ1n) is 5.21. The third-order valence-corrected chi connectivity index (χ3v) is 2.43. The van der Waals surface area contributed by atoms with E-state index in [9.17, 15) is 9.59 Å². The fourth-order valence-electron chi connectivity index (χ4n) is 1.64. The average Bonchev–Trinajstić information content (AvgIpc) is 2.28. The van der Waals surface area contributed by atoms with Crippen molar-refractivity contribution < 1.29 is 9.59 Å². The van der Waals surface area contributed by atoms with E-state index in [4.69, 9.17) is 0 Å². The van der Waals surface area contributed by atoms with E-state index in [0.717, 1.165) is 13.0 Å². The van der Waals surface area contributed by atoms with Crippen molar-refractivity contribution in [1.29, 1.82) is 0 Å². The minimum absolute atomic E-state index is 0.157. The summed E-state index contributed by atoms with van der Waals surface area (Å²) < 4.78 is 0. The molecule has 3 amide bonds. The van der Waals surface area contributed by atoms with Gasteiger partial charge < -0.3 is 5.32 Å². The lowest BCUT2D eigenvalue weighted by atomic mass is 10.1. The molecule has 1 aliphatic rings. The highest BCUT2D eigenvalue weighted by Gasteiger charge is 2.44. The predicted molar refractivity (Wildman–Crippen MR) is 57.2 cm³/mol. The first-order valence-corrected chi connectivity index (χ1v) is 5.21. The number of hydrogen-bond acceptors (Lipinski definition) is 3. The summed E-state index contributed by atoms with van der Waals surface area (Å²) in [7, 11) is 1.90. The van der Waals surface area contributed by atoms with Crippen LogP contribution in [0, 0.1) is 0 Å². The van der Waals surface area contributed by atoms with Gasteiger partial charge in [-0.2, -0.15) is 0 Å². The maximum atomic E-state index is 11.8. The SMILES string of the molecule is CCCN(C)CN1C(=O)NC(C)(C)C1=O. The van der Waals surface area contributed by atoms with Crippen LogP contribution < -0.4 is 5.32 Å². The number of urea groups is 1. The molecule has 5 nitrogen and oxygen atoms in total. The van der Waals surface area contributed by atoms with E-state index in [0.29, 0.717) is 6.67 Å². The summed E-state index contributed by atoms with van der Waals surface area (Å²) in [4.78, 5) is 26.5. The monoisotopic (exact) mass is 213 g/mol. The van der Waals surface area contributed by atoms with E-state index in [2.05, 4.69) is 12.2 Å². The highest BCUT2D eigenvalue weighted by molar-refractivity contribution is 6.06. The molecule has 0 unspecified atom stereocenters. The molecule has 0 bridgehead atoms. The van der Waals surface area contributed by atoms with Gasteiger partial charge in [0.05, 0.1) is 6.67 Å². The molecule has 0 radical (unpaired) electrons. The molecule has 0 aromatic rings. The summed E-state index contributed by atoms with van der Waals surface area (Å²) in [5.41, 5.74) is -0.760. The minimum atomic E-state index is -0.760. The first kappa shape index (κ1) is 12.0. The molecule has 15 heavy (non-hydrogen) atoms. The summed E-state index contributed by atoms with van der Waals surface area (Å²) in [6, 6.07) is -0.298. The molecule has 0 aromatic heterocycles. The highest BCUT2D eigenvalue weighted by Crippen LogP contribution is 2.16. The molecule has 0 aliphatic carbocycles. The van der Waals surface area contributed by atoms with Crippen LogP contribution in [0.1, 0.15) is 27.2 Å². The Morgan fingerprint density at radius 3 is 2.40 bits per heavy atom. The Labute approximate surface area is 90.4 Å². The molecule has 0 atom stereocenters. The van der Waals surface area contributed by atoms with E-state index in [1.807, 2.05) is 11.9 Å². The van der Waals surface area contributed by atoms with Crippen molar-refractivity contribution in [2.45, 2.75) is 32.7 Å². The van der Waals surface area contributed by atoms with Gasteiger partial charge in [0, 0.05) is 0 Å². The summed E-state index contributed by atoms with van der Waals surface area (Å²) in [6.07, 6.45) is 1.00. The molecular weight excluding hydrogens is 194 g/mol. The van der Waals surface area contributed by atoms with Crippen LogP contribution in [0.5, 0.6) is 0 Å². The molecule has 1 rings (SSSR count). The van der Waals surface area contributed by atoms with Gasteiger partial charge in [-0.05, 0) is 33.9 Å². The number of nitrogens with one attached hydrogen (secondary N) is 1. The van der Waals surface area contributed by atoms with Crippen LogP contribution in [0.2, 0.25) is 0 Å². The highest BCUT2D eigenvalue weighted by atomic mass is 16.2. The molecule has 0 spiro atoms. The van der Waals surface area contributed by atoms with Gasteiger partial charge in [0.1, 0.15) is 5.54 Å². The Balaban J connectivity index is 2.63. The largest absolute Gasteiger partial charge is 0.326 e. The Kier molecular flexibility index (Phi) is 3.34. The Morgan fingerprint density at radius 2 is 2.00 bits per heavy atom. The summed E-state index contributed by atoms with van der Waals surface area (Å²) >= 11 is 0. The Bertz CT molecular complexity index is 276. The van der Waals surface area contributed by atoms with Crippen molar-refractivity contribution in [3.63, 3.8) is 0 Å². The molecule has 86 valence electrons. The number of carbonyl (C=O) groups is 2. The van der Waals surface area contributed by atoms with Gasteiger partial charge in [-0.25, -0.2) is 9.69 Å². The van der Waals surface area contributed by atoms with E-state index >= 15 is 0 Å². The molecule has 1 aliphatic heterocycles. The van der Waals surface area contributed by atoms with Gasteiger partial charge in [0.15, 0.2) is 0 Å². The van der Waals surface area contributed by atoms with Crippen molar-refractivity contribution in [3.05, 3.63) is 0 Å². The van der Waals surface area contributed by atoms with E-state index < -0.39 is 5.54 Å². The van der Waals surface area contributed by atoms with Gasteiger partial charge in [-0.15, -0.1) is 0 Å². The van der Waals surface area contributed by atoms with E-state index in [1.54, 1.807) is 13.8 Å². The van der Waals surface area contributed by atoms with Crippen LogP contribution in [-0.2, 0) is 4.79 Å². The van der Waals surface area contributed by atoms with Gasteiger partial charge in [-0.1, -0.05) is 6.92 Å². The standard InChI is InChI=1S/C10H19N3O2/c1-5-6-12(4)7-13-8(14)10(2,3)11-9(13)15/h5-7H2,1-4H3,(H,11,15). The van der Waals surface area contributed by atoms with Crippen LogP contribution in [-0.4, -0.2) is 47.5 Å². The minimum Gasteiger partial charge on any atom is -0.324 e. The predicted octanol–water partition coefficient (Wildman–Crippen LogP) is 0.616. The fourth-order valence-corrected chi connectivity index (χ4v) is 1.64. The first-order chi connectivity index (χ1) is 6.88. The second kappa shape index (κ2) is 4.18. The third kappa shape index (κ3) is 2.47. The number of hydrogen-bond donors (Lipinski definition) is 1. The lowest BCUT2D eigenvalue weighted by Gasteiger charge is -2.22. The van der Waals surface area contributed by atoms with E-state index in [1.165, 1.54) is 4.90 Å². The molecule has 5 heteroatoms. The molecule has 1 fully saturated rings. The van der Waals surface area contributed by atoms with Crippen molar-refractivity contribution >= 4 is 11.9 Å². The van der Waals surface area contributed by atoms with Crippen LogP contribution in [0.15, 0.2) is 0 Å². The van der Waals surface area contributed by atoms with Crippen LogP contribution in [0.25, 0.3) is 0 Å². The summed E-state index contributed by atoms with van der Waals surface area (Å²) in [5.74, 6) is -0.157. The van der Waals surface area contributed by atoms with Gasteiger partial charge in [0.25, 0.3) is 5.91 Å². The molecule has 0 saturated carbocycles. The van der Waals surface area contributed by atoms with Crippen LogP contribution in [0.3, 0.4) is 0 Å².